The highest BCUT2D eigenvalue weighted by molar-refractivity contribution is 5.43. The number of nitrogens with two attached hydrogens (primary N) is 1. The third kappa shape index (κ3) is 1.86. The molecule has 1 atom stereocenters. The van der Waals surface area contributed by atoms with E-state index in [2.05, 4.69) is 12.0 Å². The van der Waals surface area contributed by atoms with Crippen molar-refractivity contribution in [2.75, 3.05) is 12.3 Å². The second kappa shape index (κ2) is 4.23. The van der Waals surface area contributed by atoms with Crippen molar-refractivity contribution < 1.29 is 4.74 Å². The molecule has 1 aromatic rings. The second-order valence-corrected chi connectivity index (χ2v) is 4.08. The molecule has 0 bridgehead atoms. The van der Waals surface area contributed by atoms with Crippen molar-refractivity contribution in [3.8, 4) is 0 Å². The number of hydrogen-bond acceptors (Lipinski definition) is 3. The Labute approximate surface area is 90.4 Å². The van der Waals surface area contributed by atoms with Crippen molar-refractivity contribution in [2.24, 2.45) is 7.05 Å². The number of rotatable bonds is 2. The van der Waals surface area contributed by atoms with Crippen molar-refractivity contribution in [3.05, 3.63) is 11.3 Å². The Morgan fingerprint density at radius 1 is 1.53 bits per heavy atom. The van der Waals surface area contributed by atoms with Crippen LogP contribution in [0.4, 0.5) is 5.82 Å². The predicted octanol–water partition coefficient (Wildman–Crippen LogP) is 1.81. The number of nitrogen functional groups attached to an aromatic ring is 1. The lowest BCUT2D eigenvalue weighted by atomic mass is 10.0. The average Bonchev–Trinajstić information content (AvgIpc) is 2.54. The Balaban J connectivity index is 2.32. The van der Waals surface area contributed by atoms with Crippen LogP contribution in [0.25, 0.3) is 0 Å². The van der Waals surface area contributed by atoms with E-state index in [9.17, 15) is 0 Å². The van der Waals surface area contributed by atoms with Gasteiger partial charge in [0.25, 0.3) is 0 Å². The Kier molecular flexibility index (Phi) is 2.95. The van der Waals surface area contributed by atoms with E-state index >= 15 is 0 Å². The van der Waals surface area contributed by atoms with E-state index in [4.69, 9.17) is 10.5 Å². The first kappa shape index (κ1) is 10.5. The zero-order chi connectivity index (χ0) is 10.8. The molecule has 2 N–H and O–H groups in total. The molecule has 2 rings (SSSR count). The molecule has 1 saturated heterocycles. The number of aromatic nitrogens is 2. The van der Waals surface area contributed by atoms with E-state index in [-0.39, 0.29) is 6.10 Å². The summed E-state index contributed by atoms with van der Waals surface area (Å²) < 4.78 is 7.66. The fraction of sp³-hybridized carbons (Fsp3) is 0.727. The Bertz CT molecular complexity index is 340. The van der Waals surface area contributed by atoms with Gasteiger partial charge in [0.1, 0.15) is 5.82 Å². The summed E-state index contributed by atoms with van der Waals surface area (Å²) in [5.41, 5.74) is 8.20. The van der Waals surface area contributed by atoms with Gasteiger partial charge in [-0.2, -0.15) is 5.10 Å². The molecular formula is C11H19N3O. The van der Waals surface area contributed by atoms with Crippen LogP contribution >= 0.6 is 0 Å². The average molecular weight is 209 g/mol. The van der Waals surface area contributed by atoms with E-state index in [0.717, 1.165) is 25.0 Å². The van der Waals surface area contributed by atoms with Gasteiger partial charge in [0.05, 0.1) is 11.8 Å². The van der Waals surface area contributed by atoms with E-state index < -0.39 is 0 Å². The first-order valence-electron chi connectivity index (χ1n) is 5.67. The van der Waals surface area contributed by atoms with Gasteiger partial charge in [-0.05, 0) is 25.7 Å². The Morgan fingerprint density at radius 2 is 2.33 bits per heavy atom. The maximum Gasteiger partial charge on any atom is 0.149 e. The summed E-state index contributed by atoms with van der Waals surface area (Å²) in [4.78, 5) is 0. The number of nitrogens with zero attached hydrogens (tertiary/aromatic N) is 2. The smallest absolute Gasteiger partial charge is 0.149 e. The summed E-state index contributed by atoms with van der Waals surface area (Å²) in [6.07, 6.45) is 4.62. The van der Waals surface area contributed by atoms with Gasteiger partial charge in [0.2, 0.25) is 0 Å². The summed E-state index contributed by atoms with van der Waals surface area (Å²) in [5.74, 6) is 0.657. The number of hydrogen-bond donors (Lipinski definition) is 1. The minimum absolute atomic E-state index is 0.198. The maximum absolute atomic E-state index is 5.87. The molecule has 84 valence electrons. The molecular weight excluding hydrogens is 190 g/mol. The molecule has 0 radical (unpaired) electrons. The third-order valence-electron chi connectivity index (χ3n) is 3.06. The van der Waals surface area contributed by atoms with Crippen LogP contribution in [0.5, 0.6) is 0 Å². The van der Waals surface area contributed by atoms with Crippen LogP contribution in [0, 0.1) is 0 Å². The topological polar surface area (TPSA) is 53.1 Å². The number of ether oxygens (including phenoxy) is 1. The minimum Gasteiger partial charge on any atom is -0.382 e. The van der Waals surface area contributed by atoms with E-state index in [1.807, 2.05) is 11.7 Å². The van der Waals surface area contributed by atoms with Crippen LogP contribution in [0.2, 0.25) is 0 Å². The first-order valence-corrected chi connectivity index (χ1v) is 5.67. The van der Waals surface area contributed by atoms with E-state index in [1.54, 1.807) is 0 Å². The Morgan fingerprint density at radius 3 is 2.93 bits per heavy atom. The monoisotopic (exact) mass is 209 g/mol. The molecule has 2 heterocycles. The summed E-state index contributed by atoms with van der Waals surface area (Å²) in [6, 6.07) is 0. The highest BCUT2D eigenvalue weighted by atomic mass is 16.5. The molecule has 0 saturated carbocycles. The maximum atomic E-state index is 5.87. The summed E-state index contributed by atoms with van der Waals surface area (Å²) in [7, 11) is 1.95. The molecule has 1 aliphatic heterocycles. The lowest BCUT2D eigenvalue weighted by Crippen LogP contribution is -2.16. The molecule has 1 aliphatic rings. The van der Waals surface area contributed by atoms with Crippen LogP contribution in [-0.4, -0.2) is 16.4 Å². The van der Waals surface area contributed by atoms with Crippen LogP contribution in [0.15, 0.2) is 0 Å². The molecule has 0 amide bonds. The van der Waals surface area contributed by atoms with Gasteiger partial charge in [-0.15, -0.1) is 0 Å². The number of aryl methyl sites for hydroxylation is 1. The molecule has 0 aliphatic carbocycles. The predicted molar refractivity (Wildman–Crippen MR) is 59.5 cm³/mol. The fourth-order valence-electron chi connectivity index (χ4n) is 2.32. The van der Waals surface area contributed by atoms with Gasteiger partial charge in [0, 0.05) is 19.2 Å². The summed E-state index contributed by atoms with van der Waals surface area (Å²) in [6.45, 7) is 2.97. The lowest BCUT2D eigenvalue weighted by molar-refractivity contribution is 0.00955. The largest absolute Gasteiger partial charge is 0.382 e. The van der Waals surface area contributed by atoms with Crippen LogP contribution in [-0.2, 0) is 18.2 Å². The Hall–Kier alpha value is -1.03. The van der Waals surface area contributed by atoms with Crippen molar-refractivity contribution in [2.45, 2.75) is 38.7 Å². The number of anilines is 1. The first-order chi connectivity index (χ1) is 7.24. The van der Waals surface area contributed by atoms with Crippen LogP contribution < -0.4 is 5.73 Å². The SMILES string of the molecule is CCc1c(N)nn(C)c1C1CCCCO1. The zero-order valence-electron chi connectivity index (χ0n) is 9.49. The van der Waals surface area contributed by atoms with Crippen LogP contribution in [0.1, 0.15) is 43.5 Å². The summed E-state index contributed by atoms with van der Waals surface area (Å²) in [5, 5.41) is 4.27. The van der Waals surface area contributed by atoms with Gasteiger partial charge in [-0.3, -0.25) is 4.68 Å². The van der Waals surface area contributed by atoms with Gasteiger partial charge in [-0.25, -0.2) is 0 Å². The van der Waals surface area contributed by atoms with Gasteiger partial charge in [-0.1, -0.05) is 6.92 Å². The lowest BCUT2D eigenvalue weighted by Gasteiger charge is -2.23. The fourth-order valence-corrected chi connectivity index (χ4v) is 2.32. The van der Waals surface area contributed by atoms with Crippen molar-refractivity contribution >= 4 is 5.82 Å². The molecule has 1 fully saturated rings. The van der Waals surface area contributed by atoms with E-state index in [0.29, 0.717) is 5.82 Å². The van der Waals surface area contributed by atoms with Crippen molar-refractivity contribution in [1.82, 2.24) is 9.78 Å². The molecule has 4 nitrogen and oxygen atoms in total. The highest BCUT2D eigenvalue weighted by Gasteiger charge is 2.24. The van der Waals surface area contributed by atoms with E-state index in [1.165, 1.54) is 18.5 Å². The van der Waals surface area contributed by atoms with Crippen LogP contribution in [0.3, 0.4) is 0 Å². The molecule has 1 aromatic heterocycles. The molecule has 15 heavy (non-hydrogen) atoms. The van der Waals surface area contributed by atoms with Gasteiger partial charge < -0.3 is 10.5 Å². The molecule has 4 heteroatoms. The van der Waals surface area contributed by atoms with Gasteiger partial charge in [0.15, 0.2) is 0 Å². The molecule has 0 spiro atoms. The molecule has 0 aromatic carbocycles. The van der Waals surface area contributed by atoms with Crippen molar-refractivity contribution in [1.29, 1.82) is 0 Å². The summed E-state index contributed by atoms with van der Waals surface area (Å²) >= 11 is 0. The zero-order valence-corrected chi connectivity index (χ0v) is 9.49. The minimum atomic E-state index is 0.198. The quantitative estimate of drug-likeness (QED) is 0.808. The van der Waals surface area contributed by atoms with Crippen molar-refractivity contribution in [3.63, 3.8) is 0 Å². The van der Waals surface area contributed by atoms with Gasteiger partial charge >= 0.3 is 0 Å². The second-order valence-electron chi connectivity index (χ2n) is 4.08. The highest BCUT2D eigenvalue weighted by Crippen LogP contribution is 2.32. The standard InChI is InChI=1S/C11H19N3O/c1-3-8-10(14(2)13-11(8)12)9-6-4-5-7-15-9/h9H,3-7H2,1-2H3,(H2,12,13). The third-order valence-corrected chi connectivity index (χ3v) is 3.06. The normalized spacial score (nSPS) is 21.9. The molecule has 1 unspecified atom stereocenters.